The third kappa shape index (κ3) is 6.52. The van der Waals surface area contributed by atoms with Gasteiger partial charge in [-0.15, -0.1) is 11.8 Å². The molecular weight excluding hydrogens is 346 g/mol. The monoisotopic (exact) mass is 373 g/mol. The lowest BCUT2D eigenvalue weighted by Crippen LogP contribution is -2.33. The van der Waals surface area contributed by atoms with Gasteiger partial charge < -0.3 is 20.5 Å². The van der Waals surface area contributed by atoms with Crippen LogP contribution in [0.5, 0.6) is 11.5 Å². The SMILES string of the molecule is COc1ccc(CCNC(N)=NCC(C)Sc2ccccc2)cc1OC. The van der Waals surface area contributed by atoms with E-state index in [2.05, 4.69) is 29.4 Å². The van der Waals surface area contributed by atoms with Gasteiger partial charge in [-0.1, -0.05) is 31.2 Å². The largest absolute Gasteiger partial charge is 0.493 e. The summed E-state index contributed by atoms with van der Waals surface area (Å²) >= 11 is 1.80. The van der Waals surface area contributed by atoms with E-state index >= 15 is 0 Å². The Kier molecular flexibility index (Phi) is 8.15. The zero-order valence-electron chi connectivity index (χ0n) is 15.6. The second kappa shape index (κ2) is 10.6. The third-order valence-electron chi connectivity index (χ3n) is 3.77. The molecule has 3 N–H and O–H groups in total. The number of rotatable bonds is 9. The number of nitrogens with one attached hydrogen (secondary N) is 1. The van der Waals surface area contributed by atoms with Crippen LogP contribution in [0.3, 0.4) is 0 Å². The van der Waals surface area contributed by atoms with E-state index in [1.807, 2.05) is 36.4 Å². The molecule has 0 aliphatic carbocycles. The number of methoxy groups -OCH3 is 2. The molecule has 140 valence electrons. The summed E-state index contributed by atoms with van der Waals surface area (Å²) in [6.07, 6.45) is 0.824. The molecular formula is C20H27N3O2S. The number of hydrogen-bond donors (Lipinski definition) is 2. The van der Waals surface area contributed by atoms with E-state index in [9.17, 15) is 0 Å². The predicted molar refractivity (Wildman–Crippen MR) is 110 cm³/mol. The summed E-state index contributed by atoms with van der Waals surface area (Å²) in [6, 6.07) is 16.2. The number of benzene rings is 2. The second-order valence-electron chi connectivity index (χ2n) is 5.83. The molecule has 5 nitrogen and oxygen atoms in total. The Bertz CT molecular complexity index is 707. The maximum Gasteiger partial charge on any atom is 0.188 e. The minimum absolute atomic E-state index is 0.364. The highest BCUT2D eigenvalue weighted by molar-refractivity contribution is 8.00. The first kappa shape index (κ1) is 20.0. The van der Waals surface area contributed by atoms with Crippen LogP contribution >= 0.6 is 11.8 Å². The molecule has 0 radical (unpaired) electrons. The molecule has 0 aromatic heterocycles. The first-order valence-electron chi connectivity index (χ1n) is 8.58. The van der Waals surface area contributed by atoms with Crippen molar-refractivity contribution in [2.24, 2.45) is 10.7 Å². The Morgan fingerprint density at radius 3 is 2.54 bits per heavy atom. The van der Waals surface area contributed by atoms with Gasteiger partial charge in [0.2, 0.25) is 0 Å². The highest BCUT2D eigenvalue weighted by atomic mass is 32.2. The maximum atomic E-state index is 5.97. The van der Waals surface area contributed by atoms with Gasteiger partial charge in [-0.05, 0) is 36.2 Å². The summed E-state index contributed by atoms with van der Waals surface area (Å²) in [5.41, 5.74) is 7.12. The minimum atomic E-state index is 0.364. The molecule has 2 aromatic carbocycles. The summed E-state index contributed by atoms with van der Waals surface area (Å²) in [5.74, 6) is 1.94. The van der Waals surface area contributed by atoms with Gasteiger partial charge in [0.15, 0.2) is 17.5 Å². The van der Waals surface area contributed by atoms with Gasteiger partial charge in [0.25, 0.3) is 0 Å². The van der Waals surface area contributed by atoms with Crippen LogP contribution in [0.2, 0.25) is 0 Å². The molecule has 1 atom stereocenters. The molecule has 0 amide bonds. The van der Waals surface area contributed by atoms with E-state index in [1.165, 1.54) is 4.90 Å². The Morgan fingerprint density at radius 2 is 1.85 bits per heavy atom. The van der Waals surface area contributed by atoms with Crippen LogP contribution in [0.1, 0.15) is 12.5 Å². The van der Waals surface area contributed by atoms with Gasteiger partial charge in [0.1, 0.15) is 0 Å². The molecule has 0 bridgehead atoms. The van der Waals surface area contributed by atoms with Crippen molar-refractivity contribution >= 4 is 17.7 Å². The van der Waals surface area contributed by atoms with Crippen LogP contribution in [-0.2, 0) is 6.42 Å². The molecule has 0 aliphatic rings. The summed E-state index contributed by atoms with van der Waals surface area (Å²) in [4.78, 5) is 5.68. The Labute approximate surface area is 160 Å². The average Bonchev–Trinajstić information content (AvgIpc) is 2.67. The summed E-state index contributed by atoms with van der Waals surface area (Å²) in [7, 11) is 3.27. The zero-order valence-corrected chi connectivity index (χ0v) is 16.4. The molecule has 0 saturated heterocycles. The smallest absolute Gasteiger partial charge is 0.188 e. The van der Waals surface area contributed by atoms with Gasteiger partial charge in [-0.3, -0.25) is 4.99 Å². The highest BCUT2D eigenvalue weighted by Gasteiger charge is 2.05. The second-order valence-corrected chi connectivity index (χ2v) is 7.35. The fraction of sp³-hybridized carbons (Fsp3) is 0.350. The number of ether oxygens (including phenoxy) is 2. The number of thioether (sulfide) groups is 1. The fourth-order valence-corrected chi connectivity index (χ4v) is 3.35. The Balaban J connectivity index is 1.75. The molecule has 0 fully saturated rings. The Hall–Kier alpha value is -2.34. The lowest BCUT2D eigenvalue weighted by atomic mass is 10.1. The van der Waals surface area contributed by atoms with E-state index < -0.39 is 0 Å². The van der Waals surface area contributed by atoms with Crippen LogP contribution in [0.15, 0.2) is 58.4 Å². The zero-order chi connectivity index (χ0) is 18.8. The third-order valence-corrected chi connectivity index (χ3v) is 4.86. The summed E-state index contributed by atoms with van der Waals surface area (Å²) < 4.78 is 10.6. The van der Waals surface area contributed by atoms with Crippen LogP contribution in [0.25, 0.3) is 0 Å². The molecule has 1 unspecified atom stereocenters. The minimum Gasteiger partial charge on any atom is -0.493 e. The van der Waals surface area contributed by atoms with Crippen molar-refractivity contribution in [2.45, 2.75) is 23.5 Å². The standard InChI is InChI=1S/C20H27N3O2S/c1-15(26-17-7-5-4-6-8-17)14-23-20(21)22-12-11-16-9-10-18(24-2)19(13-16)25-3/h4-10,13,15H,11-12,14H2,1-3H3,(H3,21,22,23). The van der Waals surface area contributed by atoms with Crippen LogP contribution < -0.4 is 20.5 Å². The summed E-state index contributed by atoms with van der Waals surface area (Å²) in [5, 5.41) is 3.53. The molecule has 0 heterocycles. The number of nitrogens with zero attached hydrogens (tertiary/aromatic N) is 1. The lowest BCUT2D eigenvalue weighted by Gasteiger charge is -2.11. The fourth-order valence-electron chi connectivity index (χ4n) is 2.42. The van der Waals surface area contributed by atoms with Crippen LogP contribution in [0.4, 0.5) is 0 Å². The molecule has 2 aromatic rings. The van der Waals surface area contributed by atoms with Crippen molar-refractivity contribution in [3.63, 3.8) is 0 Å². The van der Waals surface area contributed by atoms with Crippen molar-refractivity contribution in [2.75, 3.05) is 27.3 Å². The molecule has 26 heavy (non-hydrogen) atoms. The van der Waals surface area contributed by atoms with E-state index in [1.54, 1.807) is 26.0 Å². The van der Waals surface area contributed by atoms with E-state index in [-0.39, 0.29) is 0 Å². The first-order chi connectivity index (χ1) is 12.6. The quantitative estimate of drug-likeness (QED) is 0.401. The number of guanidine groups is 1. The van der Waals surface area contributed by atoms with Gasteiger partial charge in [-0.2, -0.15) is 0 Å². The van der Waals surface area contributed by atoms with Gasteiger partial charge in [-0.25, -0.2) is 0 Å². The van der Waals surface area contributed by atoms with Crippen LogP contribution in [0, 0.1) is 0 Å². The highest BCUT2D eigenvalue weighted by Crippen LogP contribution is 2.27. The normalized spacial score (nSPS) is 12.5. The van der Waals surface area contributed by atoms with Gasteiger partial charge >= 0.3 is 0 Å². The van der Waals surface area contributed by atoms with Crippen molar-refractivity contribution in [3.05, 3.63) is 54.1 Å². The first-order valence-corrected chi connectivity index (χ1v) is 9.46. The van der Waals surface area contributed by atoms with Gasteiger partial charge in [0, 0.05) is 16.7 Å². The molecule has 6 heteroatoms. The van der Waals surface area contributed by atoms with E-state index in [0.717, 1.165) is 23.5 Å². The van der Waals surface area contributed by atoms with Crippen molar-refractivity contribution in [1.82, 2.24) is 5.32 Å². The maximum absolute atomic E-state index is 5.97. The van der Waals surface area contributed by atoms with Gasteiger partial charge in [0.05, 0.1) is 20.8 Å². The lowest BCUT2D eigenvalue weighted by molar-refractivity contribution is 0.354. The van der Waals surface area contributed by atoms with E-state index in [4.69, 9.17) is 15.2 Å². The average molecular weight is 374 g/mol. The van der Waals surface area contributed by atoms with Crippen molar-refractivity contribution < 1.29 is 9.47 Å². The van der Waals surface area contributed by atoms with E-state index in [0.29, 0.717) is 24.3 Å². The summed E-state index contributed by atoms with van der Waals surface area (Å²) in [6.45, 7) is 3.54. The van der Waals surface area contributed by atoms with Crippen molar-refractivity contribution in [3.8, 4) is 11.5 Å². The molecule has 0 aliphatic heterocycles. The topological polar surface area (TPSA) is 68.9 Å². The number of aliphatic imine (C=N–C) groups is 1. The number of nitrogens with two attached hydrogens (primary N) is 1. The Morgan fingerprint density at radius 1 is 1.12 bits per heavy atom. The molecule has 0 saturated carbocycles. The van der Waals surface area contributed by atoms with Crippen molar-refractivity contribution in [1.29, 1.82) is 0 Å². The predicted octanol–water partition coefficient (Wildman–Crippen LogP) is 3.33. The van der Waals surface area contributed by atoms with Crippen LogP contribution in [-0.4, -0.2) is 38.5 Å². The molecule has 2 rings (SSSR count). The molecule has 0 spiro atoms. The number of hydrogen-bond acceptors (Lipinski definition) is 4.